The zero-order chi connectivity index (χ0) is 25.0. The number of sulfonamides is 1. The SMILES string of the molecule is Cc1cc(/C(C[C@H](c2ccc(C3=CCN(S(C)(=O)=O)CC3)cc2)c2ccccc2C)=N\O)ccn1. The molecule has 7 heteroatoms. The first kappa shape index (κ1) is 24.8. The van der Waals surface area contributed by atoms with Crippen LogP contribution in [0.3, 0.4) is 0 Å². The molecule has 2 heterocycles. The van der Waals surface area contributed by atoms with Crippen LogP contribution in [0.5, 0.6) is 0 Å². The van der Waals surface area contributed by atoms with Crippen LogP contribution >= 0.6 is 0 Å². The summed E-state index contributed by atoms with van der Waals surface area (Å²) in [4.78, 5) is 4.26. The molecule has 1 aromatic heterocycles. The average molecular weight is 490 g/mol. The number of benzene rings is 2. The summed E-state index contributed by atoms with van der Waals surface area (Å²) in [7, 11) is -3.17. The quantitative estimate of drug-likeness (QED) is 0.283. The van der Waals surface area contributed by atoms with Crippen LogP contribution in [0, 0.1) is 13.8 Å². The lowest BCUT2D eigenvalue weighted by molar-refractivity contribution is 0.317. The highest BCUT2D eigenvalue weighted by Gasteiger charge is 2.22. The van der Waals surface area contributed by atoms with Crippen LogP contribution in [0.2, 0.25) is 0 Å². The van der Waals surface area contributed by atoms with Gasteiger partial charge in [-0.05, 0) is 60.2 Å². The van der Waals surface area contributed by atoms with E-state index in [1.807, 2.05) is 37.3 Å². The van der Waals surface area contributed by atoms with Crippen LogP contribution in [0.1, 0.15) is 52.3 Å². The van der Waals surface area contributed by atoms with Gasteiger partial charge in [-0.1, -0.05) is 59.8 Å². The topological polar surface area (TPSA) is 82.9 Å². The minimum absolute atomic E-state index is 0.00526. The zero-order valence-corrected chi connectivity index (χ0v) is 21.2. The van der Waals surface area contributed by atoms with E-state index in [4.69, 9.17) is 0 Å². The molecule has 4 rings (SSSR count). The Bertz CT molecular complexity index is 1360. The van der Waals surface area contributed by atoms with Crippen molar-refractivity contribution in [3.05, 3.63) is 106 Å². The lowest BCUT2D eigenvalue weighted by atomic mass is 9.83. The molecule has 0 radical (unpaired) electrons. The first-order valence-corrected chi connectivity index (χ1v) is 13.5. The van der Waals surface area contributed by atoms with E-state index in [1.54, 1.807) is 6.20 Å². The third-order valence-corrected chi connectivity index (χ3v) is 7.91. The summed E-state index contributed by atoms with van der Waals surface area (Å²) < 4.78 is 25.1. The van der Waals surface area contributed by atoms with Crippen LogP contribution in [0.15, 0.2) is 78.1 Å². The lowest BCUT2D eigenvalue weighted by Crippen LogP contribution is -2.33. The molecule has 1 aliphatic heterocycles. The second-order valence-electron chi connectivity index (χ2n) is 9.07. The molecule has 1 aliphatic rings. The fourth-order valence-electron chi connectivity index (χ4n) is 4.66. The monoisotopic (exact) mass is 489 g/mol. The van der Waals surface area contributed by atoms with Gasteiger partial charge >= 0.3 is 0 Å². The number of rotatable bonds is 7. The molecule has 3 aromatic rings. The molecular weight excluding hydrogens is 458 g/mol. The minimum Gasteiger partial charge on any atom is -0.411 e. The minimum atomic E-state index is -3.17. The molecule has 2 aromatic carbocycles. The van der Waals surface area contributed by atoms with Crippen molar-refractivity contribution in [3.8, 4) is 0 Å². The van der Waals surface area contributed by atoms with E-state index < -0.39 is 10.0 Å². The van der Waals surface area contributed by atoms with Gasteiger partial charge in [-0.15, -0.1) is 0 Å². The Labute approximate surface area is 207 Å². The molecule has 35 heavy (non-hydrogen) atoms. The van der Waals surface area contributed by atoms with E-state index in [1.165, 1.54) is 21.7 Å². The summed E-state index contributed by atoms with van der Waals surface area (Å²) in [5.41, 5.74) is 8.11. The number of oxime groups is 1. The van der Waals surface area contributed by atoms with Gasteiger partial charge in [0.05, 0.1) is 12.0 Å². The molecular formula is C28H31N3O3S. The molecule has 0 saturated carbocycles. The summed E-state index contributed by atoms with van der Waals surface area (Å²) >= 11 is 0. The summed E-state index contributed by atoms with van der Waals surface area (Å²) in [6.07, 6.45) is 6.22. The molecule has 0 amide bonds. The Morgan fingerprint density at radius 2 is 1.86 bits per heavy atom. The van der Waals surface area contributed by atoms with E-state index in [0.717, 1.165) is 28.0 Å². The number of hydrogen-bond donors (Lipinski definition) is 1. The molecule has 182 valence electrons. The van der Waals surface area contributed by atoms with Crippen molar-refractivity contribution in [3.63, 3.8) is 0 Å². The van der Waals surface area contributed by atoms with Crippen molar-refractivity contribution in [1.82, 2.24) is 9.29 Å². The summed E-state index contributed by atoms with van der Waals surface area (Å²) in [6, 6.07) is 20.6. The third kappa shape index (κ3) is 5.86. The van der Waals surface area contributed by atoms with Gasteiger partial charge in [0.2, 0.25) is 10.0 Å². The smallest absolute Gasteiger partial charge is 0.211 e. The van der Waals surface area contributed by atoms with Gasteiger partial charge < -0.3 is 5.21 Å². The number of hydrogen-bond acceptors (Lipinski definition) is 5. The first-order chi connectivity index (χ1) is 16.8. The number of nitrogens with zero attached hydrogens (tertiary/aromatic N) is 3. The fraction of sp³-hybridized carbons (Fsp3) is 0.286. The third-order valence-electron chi connectivity index (χ3n) is 6.64. The number of aryl methyl sites for hydroxylation is 2. The van der Waals surface area contributed by atoms with Crippen LogP contribution < -0.4 is 0 Å². The Morgan fingerprint density at radius 1 is 1.11 bits per heavy atom. The molecule has 0 spiro atoms. The Balaban J connectivity index is 1.65. The second-order valence-corrected chi connectivity index (χ2v) is 11.1. The molecule has 1 atom stereocenters. The Hall–Kier alpha value is -3.29. The summed E-state index contributed by atoms with van der Waals surface area (Å²) in [6.45, 7) is 4.93. The van der Waals surface area contributed by atoms with Crippen molar-refractivity contribution in [2.24, 2.45) is 5.16 Å². The number of aromatic nitrogens is 1. The standard InChI is InChI=1S/C28H31N3O3S/c1-20-6-4-5-7-26(20)27(19-28(30-32)25-12-15-29-21(2)18-25)24-10-8-22(9-11-24)23-13-16-31(17-14-23)35(3,33)34/h4-13,15,18,27,32H,14,16-17,19H2,1-3H3/b30-28-/t27-/m1/s1. The van der Waals surface area contributed by atoms with Gasteiger partial charge in [-0.25, -0.2) is 8.42 Å². The maximum Gasteiger partial charge on any atom is 0.211 e. The second kappa shape index (κ2) is 10.5. The molecule has 1 N–H and O–H groups in total. The van der Waals surface area contributed by atoms with Crippen molar-refractivity contribution < 1.29 is 13.6 Å². The van der Waals surface area contributed by atoms with Crippen molar-refractivity contribution in [2.45, 2.75) is 32.6 Å². The highest BCUT2D eigenvalue weighted by molar-refractivity contribution is 7.88. The highest BCUT2D eigenvalue weighted by atomic mass is 32.2. The average Bonchev–Trinajstić information content (AvgIpc) is 2.85. The largest absolute Gasteiger partial charge is 0.411 e. The number of pyridine rings is 1. The zero-order valence-electron chi connectivity index (χ0n) is 20.3. The van der Waals surface area contributed by atoms with Crippen LogP contribution in [0.25, 0.3) is 5.57 Å². The molecule has 0 fully saturated rings. The lowest BCUT2D eigenvalue weighted by Gasteiger charge is -2.25. The maximum atomic E-state index is 11.8. The van der Waals surface area contributed by atoms with Gasteiger partial charge in [0.15, 0.2) is 0 Å². The molecule has 0 unspecified atom stereocenters. The predicted octanol–water partition coefficient (Wildman–Crippen LogP) is 5.15. The summed E-state index contributed by atoms with van der Waals surface area (Å²) in [5, 5.41) is 13.6. The van der Waals surface area contributed by atoms with E-state index >= 15 is 0 Å². The predicted molar refractivity (Wildman–Crippen MR) is 140 cm³/mol. The van der Waals surface area contributed by atoms with Crippen molar-refractivity contribution >= 4 is 21.3 Å². The Morgan fingerprint density at radius 3 is 2.46 bits per heavy atom. The van der Waals surface area contributed by atoms with Crippen LogP contribution in [0.4, 0.5) is 0 Å². The molecule has 0 bridgehead atoms. The van der Waals surface area contributed by atoms with Crippen molar-refractivity contribution in [1.29, 1.82) is 0 Å². The van der Waals surface area contributed by atoms with E-state index in [-0.39, 0.29) is 5.92 Å². The van der Waals surface area contributed by atoms with E-state index in [2.05, 4.69) is 53.5 Å². The van der Waals surface area contributed by atoms with E-state index in [9.17, 15) is 13.6 Å². The van der Waals surface area contributed by atoms with Crippen molar-refractivity contribution in [2.75, 3.05) is 19.3 Å². The fourth-order valence-corrected chi connectivity index (χ4v) is 5.43. The van der Waals surface area contributed by atoms with Gasteiger partial charge in [0.1, 0.15) is 0 Å². The highest BCUT2D eigenvalue weighted by Crippen LogP contribution is 2.33. The first-order valence-electron chi connectivity index (χ1n) is 11.7. The van der Waals surface area contributed by atoms with Gasteiger partial charge in [-0.2, -0.15) is 4.31 Å². The normalized spacial score (nSPS) is 16.1. The Kier molecular flexibility index (Phi) is 7.48. The molecule has 0 aliphatic carbocycles. The van der Waals surface area contributed by atoms with Crippen LogP contribution in [-0.4, -0.2) is 48.0 Å². The van der Waals surface area contributed by atoms with Gasteiger partial charge in [-0.3, -0.25) is 4.98 Å². The van der Waals surface area contributed by atoms with E-state index in [0.29, 0.717) is 31.6 Å². The molecule has 0 saturated heterocycles. The summed E-state index contributed by atoms with van der Waals surface area (Å²) in [5.74, 6) is 0.00526. The van der Waals surface area contributed by atoms with Gasteiger partial charge in [0.25, 0.3) is 0 Å². The van der Waals surface area contributed by atoms with Gasteiger partial charge in [0, 0.05) is 42.9 Å². The molecule has 6 nitrogen and oxygen atoms in total. The van der Waals surface area contributed by atoms with Crippen LogP contribution in [-0.2, 0) is 10.0 Å². The maximum absolute atomic E-state index is 11.8.